The van der Waals surface area contributed by atoms with Crippen LogP contribution in [0.15, 0.2) is 30.3 Å². The van der Waals surface area contributed by atoms with Crippen molar-refractivity contribution in [3.63, 3.8) is 0 Å². The van der Waals surface area contributed by atoms with Gasteiger partial charge in [-0.1, -0.05) is 39.0 Å². The first-order chi connectivity index (χ1) is 8.41. The molecule has 1 aromatic carbocycles. The quantitative estimate of drug-likeness (QED) is 0.813. The van der Waals surface area contributed by atoms with Crippen LogP contribution < -0.4 is 10.2 Å². The minimum atomic E-state index is -0.300. The molecule has 0 atom stereocenters. The van der Waals surface area contributed by atoms with Gasteiger partial charge in [0, 0.05) is 31.2 Å². The molecular weight excluding hydrogens is 224 g/mol. The number of nitrogens with one attached hydrogen (secondary N) is 1. The Morgan fingerprint density at radius 2 is 1.83 bits per heavy atom. The fraction of sp³-hybridized carbons (Fsp3) is 0.533. The van der Waals surface area contributed by atoms with E-state index in [2.05, 4.69) is 29.4 Å². The maximum atomic E-state index is 11.7. The Morgan fingerprint density at radius 1 is 1.22 bits per heavy atom. The molecule has 0 radical (unpaired) electrons. The van der Waals surface area contributed by atoms with Gasteiger partial charge in [-0.15, -0.1) is 0 Å². The zero-order valence-corrected chi connectivity index (χ0v) is 11.9. The number of amides is 1. The number of anilines is 1. The smallest absolute Gasteiger partial charge is 0.225 e. The third kappa shape index (κ3) is 4.78. The van der Waals surface area contributed by atoms with Gasteiger partial charge in [0.15, 0.2) is 0 Å². The molecule has 18 heavy (non-hydrogen) atoms. The van der Waals surface area contributed by atoms with Gasteiger partial charge in [-0.2, -0.15) is 0 Å². The van der Waals surface area contributed by atoms with E-state index in [0.29, 0.717) is 0 Å². The summed E-state index contributed by atoms with van der Waals surface area (Å²) in [6.07, 6.45) is 0.952. The lowest BCUT2D eigenvalue weighted by molar-refractivity contribution is -0.128. The summed E-state index contributed by atoms with van der Waals surface area (Å²) in [7, 11) is 2.07. The second-order valence-electron chi connectivity index (χ2n) is 5.62. The minimum Gasteiger partial charge on any atom is -0.375 e. The standard InChI is InChI=1S/C15H24N2O/c1-15(2,3)14(18)16-11-8-12-17(4)13-9-6-5-7-10-13/h5-7,9-10H,8,11-12H2,1-4H3,(H,16,18). The maximum Gasteiger partial charge on any atom is 0.225 e. The topological polar surface area (TPSA) is 32.3 Å². The zero-order chi connectivity index (χ0) is 13.6. The Labute approximate surface area is 110 Å². The predicted molar refractivity (Wildman–Crippen MR) is 76.8 cm³/mol. The zero-order valence-electron chi connectivity index (χ0n) is 11.9. The van der Waals surface area contributed by atoms with E-state index in [-0.39, 0.29) is 11.3 Å². The lowest BCUT2D eigenvalue weighted by Crippen LogP contribution is -2.36. The van der Waals surface area contributed by atoms with E-state index >= 15 is 0 Å². The highest BCUT2D eigenvalue weighted by Gasteiger charge is 2.20. The molecule has 0 unspecified atom stereocenters. The molecular formula is C15H24N2O. The number of hydrogen-bond donors (Lipinski definition) is 1. The number of carbonyl (C=O) groups excluding carboxylic acids is 1. The van der Waals surface area contributed by atoms with Crippen LogP contribution in [-0.4, -0.2) is 26.0 Å². The highest BCUT2D eigenvalue weighted by Crippen LogP contribution is 2.13. The van der Waals surface area contributed by atoms with Crippen LogP contribution in [0.25, 0.3) is 0 Å². The number of nitrogens with zero attached hydrogens (tertiary/aromatic N) is 1. The summed E-state index contributed by atoms with van der Waals surface area (Å²) in [5, 5.41) is 2.96. The average molecular weight is 248 g/mol. The third-order valence-corrected chi connectivity index (χ3v) is 2.83. The number of para-hydroxylation sites is 1. The second-order valence-corrected chi connectivity index (χ2v) is 5.62. The molecule has 0 fully saturated rings. The van der Waals surface area contributed by atoms with Crippen LogP contribution in [0.2, 0.25) is 0 Å². The fourth-order valence-corrected chi connectivity index (χ4v) is 1.59. The molecule has 0 saturated carbocycles. The van der Waals surface area contributed by atoms with Crippen molar-refractivity contribution in [2.75, 3.05) is 25.0 Å². The van der Waals surface area contributed by atoms with E-state index in [1.54, 1.807) is 0 Å². The van der Waals surface area contributed by atoms with Gasteiger partial charge in [0.05, 0.1) is 0 Å². The van der Waals surface area contributed by atoms with Gasteiger partial charge in [-0.25, -0.2) is 0 Å². The van der Waals surface area contributed by atoms with E-state index in [4.69, 9.17) is 0 Å². The van der Waals surface area contributed by atoms with E-state index in [1.807, 2.05) is 39.0 Å². The molecule has 0 bridgehead atoms. The monoisotopic (exact) mass is 248 g/mol. The van der Waals surface area contributed by atoms with Gasteiger partial charge in [0.2, 0.25) is 5.91 Å². The summed E-state index contributed by atoms with van der Waals surface area (Å²) in [5.41, 5.74) is 0.908. The average Bonchev–Trinajstić information content (AvgIpc) is 2.34. The summed E-state index contributed by atoms with van der Waals surface area (Å²) in [4.78, 5) is 13.9. The molecule has 0 aromatic heterocycles. The fourth-order valence-electron chi connectivity index (χ4n) is 1.59. The number of carbonyl (C=O) groups is 1. The Morgan fingerprint density at radius 3 is 2.39 bits per heavy atom. The van der Waals surface area contributed by atoms with Gasteiger partial charge >= 0.3 is 0 Å². The predicted octanol–water partition coefficient (Wildman–Crippen LogP) is 2.68. The number of hydrogen-bond acceptors (Lipinski definition) is 2. The lowest BCUT2D eigenvalue weighted by atomic mass is 9.96. The molecule has 0 heterocycles. The van der Waals surface area contributed by atoms with E-state index in [0.717, 1.165) is 19.5 Å². The largest absolute Gasteiger partial charge is 0.375 e. The van der Waals surface area contributed by atoms with Crippen LogP contribution in [0.5, 0.6) is 0 Å². The van der Waals surface area contributed by atoms with E-state index < -0.39 is 0 Å². The van der Waals surface area contributed by atoms with Gasteiger partial charge in [0.1, 0.15) is 0 Å². The van der Waals surface area contributed by atoms with Gasteiger partial charge in [-0.3, -0.25) is 4.79 Å². The van der Waals surface area contributed by atoms with Crippen molar-refractivity contribution in [2.24, 2.45) is 5.41 Å². The van der Waals surface area contributed by atoms with Crippen molar-refractivity contribution in [3.8, 4) is 0 Å². The molecule has 0 aliphatic rings. The van der Waals surface area contributed by atoms with Gasteiger partial charge < -0.3 is 10.2 Å². The summed E-state index contributed by atoms with van der Waals surface area (Å²) in [6.45, 7) is 7.46. The normalized spacial score (nSPS) is 11.1. The van der Waals surface area contributed by atoms with Crippen molar-refractivity contribution < 1.29 is 4.79 Å². The van der Waals surface area contributed by atoms with Crippen LogP contribution in [0.3, 0.4) is 0 Å². The van der Waals surface area contributed by atoms with Crippen molar-refractivity contribution in [2.45, 2.75) is 27.2 Å². The molecule has 3 heteroatoms. The maximum absolute atomic E-state index is 11.7. The van der Waals surface area contributed by atoms with Gasteiger partial charge in [0.25, 0.3) is 0 Å². The van der Waals surface area contributed by atoms with Crippen molar-refractivity contribution >= 4 is 11.6 Å². The minimum absolute atomic E-state index is 0.116. The molecule has 3 nitrogen and oxygen atoms in total. The van der Waals surface area contributed by atoms with Crippen LogP contribution >= 0.6 is 0 Å². The second kappa shape index (κ2) is 6.43. The Hall–Kier alpha value is -1.51. The van der Waals surface area contributed by atoms with Crippen LogP contribution in [-0.2, 0) is 4.79 Å². The molecule has 0 aliphatic heterocycles. The molecule has 1 rings (SSSR count). The van der Waals surface area contributed by atoms with Crippen molar-refractivity contribution in [3.05, 3.63) is 30.3 Å². The van der Waals surface area contributed by atoms with Crippen LogP contribution in [0.1, 0.15) is 27.2 Å². The van der Waals surface area contributed by atoms with E-state index in [1.165, 1.54) is 5.69 Å². The Balaban J connectivity index is 2.25. The first-order valence-corrected chi connectivity index (χ1v) is 6.46. The molecule has 100 valence electrons. The Kier molecular flexibility index (Phi) is 5.20. The molecule has 0 saturated heterocycles. The molecule has 1 amide bonds. The van der Waals surface area contributed by atoms with Crippen molar-refractivity contribution in [1.82, 2.24) is 5.32 Å². The lowest BCUT2D eigenvalue weighted by Gasteiger charge is -2.21. The summed E-state index contributed by atoms with van der Waals surface area (Å²) >= 11 is 0. The molecule has 1 aromatic rings. The SMILES string of the molecule is CN(CCCNC(=O)C(C)(C)C)c1ccccc1. The molecule has 0 aliphatic carbocycles. The summed E-state index contributed by atoms with van der Waals surface area (Å²) in [6, 6.07) is 10.3. The first-order valence-electron chi connectivity index (χ1n) is 6.46. The van der Waals surface area contributed by atoms with Crippen LogP contribution in [0, 0.1) is 5.41 Å². The number of rotatable bonds is 5. The highest BCUT2D eigenvalue weighted by atomic mass is 16.2. The summed E-state index contributed by atoms with van der Waals surface area (Å²) in [5.74, 6) is 0.116. The van der Waals surface area contributed by atoms with E-state index in [9.17, 15) is 4.79 Å². The number of benzene rings is 1. The molecule has 0 spiro atoms. The van der Waals surface area contributed by atoms with Crippen molar-refractivity contribution in [1.29, 1.82) is 0 Å². The summed E-state index contributed by atoms with van der Waals surface area (Å²) < 4.78 is 0. The van der Waals surface area contributed by atoms with Gasteiger partial charge in [-0.05, 0) is 18.6 Å². The van der Waals surface area contributed by atoms with Crippen LogP contribution in [0.4, 0.5) is 5.69 Å². The third-order valence-electron chi connectivity index (χ3n) is 2.83. The highest BCUT2D eigenvalue weighted by molar-refractivity contribution is 5.81. The molecule has 1 N–H and O–H groups in total. The first kappa shape index (κ1) is 14.6. The Bertz CT molecular complexity index is 368.